The van der Waals surface area contributed by atoms with Gasteiger partial charge < -0.3 is 14.9 Å². The Morgan fingerprint density at radius 1 is 1.58 bits per heavy atom. The second-order valence-corrected chi connectivity index (χ2v) is 4.71. The van der Waals surface area contributed by atoms with Crippen LogP contribution in [0.25, 0.3) is 6.08 Å². The van der Waals surface area contributed by atoms with Crippen LogP contribution in [0.3, 0.4) is 0 Å². The lowest BCUT2D eigenvalue weighted by molar-refractivity contribution is -0.0530. The molecular weight excluding hydrogens is 320 g/mol. The van der Waals surface area contributed by atoms with E-state index in [9.17, 15) is 14.7 Å². The molecule has 7 nitrogen and oxygen atoms in total. The zero-order chi connectivity index (χ0) is 14.0. The molecule has 1 aliphatic heterocycles. The van der Waals surface area contributed by atoms with Crippen LogP contribution in [0.5, 0.6) is 0 Å². The first-order chi connectivity index (χ1) is 9.06. The Balaban J connectivity index is 2.42. The molecule has 1 aliphatic rings. The van der Waals surface area contributed by atoms with Crippen molar-refractivity contribution >= 4 is 22.0 Å². The molecule has 0 saturated carbocycles. The second-order valence-electron chi connectivity index (χ2n) is 4.18. The zero-order valence-corrected chi connectivity index (χ0v) is 11.4. The Bertz CT molecular complexity index is 593. The normalized spacial score (nSPS) is 27.2. The van der Waals surface area contributed by atoms with E-state index in [0.29, 0.717) is 0 Å². The third-order valence-corrected chi connectivity index (χ3v) is 3.15. The van der Waals surface area contributed by atoms with Crippen LogP contribution in [0.4, 0.5) is 0 Å². The van der Waals surface area contributed by atoms with Crippen LogP contribution < -0.4 is 11.2 Å². The predicted molar refractivity (Wildman–Crippen MR) is 70.9 cm³/mol. The topological polar surface area (TPSA) is 105 Å². The number of nitrogens with zero attached hydrogens (tertiary/aromatic N) is 1. The highest BCUT2D eigenvalue weighted by molar-refractivity contribution is 9.11. The Morgan fingerprint density at radius 3 is 2.89 bits per heavy atom. The summed E-state index contributed by atoms with van der Waals surface area (Å²) in [4.78, 5) is 26.9. The van der Waals surface area contributed by atoms with Crippen LogP contribution in [-0.2, 0) is 4.74 Å². The summed E-state index contributed by atoms with van der Waals surface area (Å²) in [7, 11) is 0. The molecule has 2 rings (SSSR count). The van der Waals surface area contributed by atoms with E-state index in [1.165, 1.54) is 17.3 Å². The fourth-order valence-electron chi connectivity index (χ4n) is 1.97. The maximum atomic E-state index is 11.7. The fraction of sp³-hybridized carbons (Fsp3) is 0.455. The Kier molecular flexibility index (Phi) is 4.35. The molecule has 2 heterocycles. The van der Waals surface area contributed by atoms with Crippen molar-refractivity contribution in [3.63, 3.8) is 0 Å². The number of hydrogen-bond donors (Lipinski definition) is 3. The van der Waals surface area contributed by atoms with Gasteiger partial charge >= 0.3 is 5.69 Å². The molecule has 0 amide bonds. The van der Waals surface area contributed by atoms with Crippen LogP contribution >= 0.6 is 15.9 Å². The van der Waals surface area contributed by atoms with Crippen LogP contribution in [0.2, 0.25) is 0 Å². The molecule has 0 radical (unpaired) electrons. The van der Waals surface area contributed by atoms with Crippen molar-refractivity contribution in [2.45, 2.75) is 24.9 Å². The lowest BCUT2D eigenvalue weighted by atomic mass is 10.2. The van der Waals surface area contributed by atoms with E-state index in [4.69, 9.17) is 9.84 Å². The minimum Gasteiger partial charge on any atom is -0.394 e. The van der Waals surface area contributed by atoms with Crippen molar-refractivity contribution in [2.75, 3.05) is 6.61 Å². The standard InChI is InChI=1S/C11H13BrN2O5/c12-2-1-6-4-14(11(18)13-9(6)17)10-8(16)3-7(5-15)19-10/h1-2,4,7-8,10,15-16H,3,5H2,(H,13,17,18)/b2-1+/t7-,8-,10+/m0/s1. The van der Waals surface area contributed by atoms with E-state index in [-0.39, 0.29) is 18.6 Å². The summed E-state index contributed by atoms with van der Waals surface area (Å²) in [6.07, 6.45) is 0.669. The van der Waals surface area contributed by atoms with Gasteiger partial charge in [-0.15, -0.1) is 0 Å². The van der Waals surface area contributed by atoms with E-state index in [1.807, 2.05) is 0 Å². The first-order valence-corrected chi connectivity index (χ1v) is 6.55. The van der Waals surface area contributed by atoms with E-state index in [0.717, 1.165) is 4.57 Å². The average molecular weight is 333 g/mol. The average Bonchev–Trinajstić information content (AvgIpc) is 2.74. The van der Waals surface area contributed by atoms with Crippen molar-refractivity contribution in [2.24, 2.45) is 0 Å². The molecule has 104 valence electrons. The van der Waals surface area contributed by atoms with Gasteiger partial charge in [0.1, 0.15) is 6.10 Å². The highest BCUT2D eigenvalue weighted by Gasteiger charge is 2.35. The predicted octanol–water partition coefficient (Wildman–Crippen LogP) is -0.457. The second kappa shape index (κ2) is 5.83. The molecular formula is C11H13BrN2O5. The highest BCUT2D eigenvalue weighted by atomic mass is 79.9. The number of hydrogen-bond acceptors (Lipinski definition) is 5. The quantitative estimate of drug-likeness (QED) is 0.695. The van der Waals surface area contributed by atoms with Gasteiger partial charge in [-0.2, -0.15) is 0 Å². The Labute approximate surface area is 116 Å². The summed E-state index contributed by atoms with van der Waals surface area (Å²) in [5.41, 5.74) is -0.942. The summed E-state index contributed by atoms with van der Waals surface area (Å²) >= 11 is 3.05. The molecule has 1 fully saturated rings. The van der Waals surface area contributed by atoms with E-state index < -0.39 is 29.7 Å². The fourth-order valence-corrected chi connectivity index (χ4v) is 2.26. The molecule has 0 bridgehead atoms. The van der Waals surface area contributed by atoms with Gasteiger partial charge in [-0.1, -0.05) is 15.9 Å². The van der Waals surface area contributed by atoms with Crippen molar-refractivity contribution in [3.8, 4) is 0 Å². The van der Waals surface area contributed by atoms with Crippen LogP contribution in [-0.4, -0.2) is 38.6 Å². The number of aliphatic hydroxyl groups is 2. The molecule has 1 aromatic heterocycles. The van der Waals surface area contributed by atoms with Gasteiger partial charge in [0.15, 0.2) is 6.23 Å². The first-order valence-electron chi connectivity index (χ1n) is 5.63. The molecule has 3 atom stereocenters. The molecule has 0 aliphatic carbocycles. The maximum Gasteiger partial charge on any atom is 0.330 e. The molecule has 0 aromatic carbocycles. The molecule has 19 heavy (non-hydrogen) atoms. The highest BCUT2D eigenvalue weighted by Crippen LogP contribution is 2.27. The molecule has 8 heteroatoms. The van der Waals surface area contributed by atoms with Gasteiger partial charge in [0, 0.05) is 12.6 Å². The molecule has 0 unspecified atom stereocenters. The minimum absolute atomic E-state index is 0.232. The SMILES string of the molecule is O=c1[nH]c(=O)n([C@@H]2O[C@H](CO)C[C@@H]2O)cc1/C=C/Br. The van der Waals surface area contributed by atoms with Crippen molar-refractivity contribution in [3.05, 3.63) is 37.6 Å². The third-order valence-electron chi connectivity index (χ3n) is 2.88. The molecule has 3 N–H and O–H groups in total. The summed E-state index contributed by atoms with van der Waals surface area (Å²) in [6.45, 7) is -0.236. The summed E-state index contributed by atoms with van der Waals surface area (Å²) in [5.74, 6) is 0. The molecule has 1 saturated heterocycles. The van der Waals surface area contributed by atoms with Crippen LogP contribution in [0, 0.1) is 0 Å². The largest absolute Gasteiger partial charge is 0.394 e. The lowest BCUT2D eigenvalue weighted by Gasteiger charge is -2.17. The number of aromatic amines is 1. The number of aliphatic hydroxyl groups excluding tert-OH is 2. The van der Waals surface area contributed by atoms with Gasteiger partial charge in [0.25, 0.3) is 5.56 Å². The smallest absolute Gasteiger partial charge is 0.330 e. The van der Waals surface area contributed by atoms with Gasteiger partial charge in [0.2, 0.25) is 0 Å². The number of nitrogens with one attached hydrogen (secondary N) is 1. The van der Waals surface area contributed by atoms with Crippen molar-refractivity contribution < 1.29 is 14.9 Å². The number of ether oxygens (including phenoxy) is 1. The van der Waals surface area contributed by atoms with Crippen LogP contribution in [0.1, 0.15) is 18.2 Å². The van der Waals surface area contributed by atoms with Gasteiger partial charge in [0.05, 0.1) is 18.3 Å². The van der Waals surface area contributed by atoms with Crippen LogP contribution in [0.15, 0.2) is 20.8 Å². The van der Waals surface area contributed by atoms with Gasteiger partial charge in [-0.05, 0) is 11.1 Å². The maximum absolute atomic E-state index is 11.7. The Hall–Kier alpha value is -1.22. The third kappa shape index (κ3) is 2.86. The van der Waals surface area contributed by atoms with E-state index in [1.54, 1.807) is 0 Å². The number of H-pyrrole nitrogens is 1. The zero-order valence-electron chi connectivity index (χ0n) is 9.82. The summed E-state index contributed by atoms with van der Waals surface area (Å²) < 4.78 is 6.48. The van der Waals surface area contributed by atoms with Crippen molar-refractivity contribution in [1.82, 2.24) is 9.55 Å². The summed E-state index contributed by atoms with van der Waals surface area (Å²) in [5, 5.41) is 18.8. The monoisotopic (exact) mass is 332 g/mol. The van der Waals surface area contributed by atoms with E-state index in [2.05, 4.69) is 20.9 Å². The number of rotatable bonds is 3. The van der Waals surface area contributed by atoms with Crippen molar-refractivity contribution in [1.29, 1.82) is 0 Å². The first kappa shape index (κ1) is 14.2. The lowest BCUT2D eigenvalue weighted by Crippen LogP contribution is -2.36. The molecule has 1 aromatic rings. The van der Waals surface area contributed by atoms with E-state index >= 15 is 0 Å². The van der Waals surface area contributed by atoms with Gasteiger partial charge in [-0.25, -0.2) is 4.79 Å². The molecule has 0 spiro atoms. The van der Waals surface area contributed by atoms with Gasteiger partial charge in [-0.3, -0.25) is 14.3 Å². The summed E-state index contributed by atoms with van der Waals surface area (Å²) in [6, 6.07) is 0. The Morgan fingerprint density at radius 2 is 2.32 bits per heavy atom. The number of halogens is 1. The number of aromatic nitrogens is 2. The minimum atomic E-state index is -0.915.